The minimum absolute atomic E-state index is 0.134. The number of sulfonamides is 1. The van der Waals surface area contributed by atoms with E-state index in [1.54, 1.807) is 48.5 Å². The second-order valence-electron chi connectivity index (χ2n) is 8.19. The third-order valence-electron chi connectivity index (χ3n) is 5.57. The second-order valence-corrected chi connectivity index (χ2v) is 9.87. The van der Waals surface area contributed by atoms with Gasteiger partial charge in [-0.1, -0.05) is 90.0 Å². The second kappa shape index (κ2) is 9.93. The lowest BCUT2D eigenvalue weighted by Crippen LogP contribution is -2.30. The van der Waals surface area contributed by atoms with Crippen LogP contribution in [0.15, 0.2) is 108 Å². The van der Waals surface area contributed by atoms with Gasteiger partial charge in [0, 0.05) is 0 Å². The fraction of sp³-hybridized carbons (Fsp3) is 0.107. The average molecular weight is 471 g/mol. The summed E-state index contributed by atoms with van der Waals surface area (Å²) in [6.45, 7) is 3.90. The van der Waals surface area contributed by atoms with Crippen molar-refractivity contribution in [2.24, 2.45) is 0 Å². The van der Waals surface area contributed by atoms with E-state index in [1.807, 2.05) is 68.4 Å². The van der Waals surface area contributed by atoms with E-state index < -0.39 is 16.1 Å². The van der Waals surface area contributed by atoms with Gasteiger partial charge in [0.05, 0.1) is 22.2 Å². The first-order valence-electron chi connectivity index (χ1n) is 10.9. The lowest BCUT2D eigenvalue weighted by Gasteiger charge is -2.21. The third kappa shape index (κ3) is 5.35. The van der Waals surface area contributed by atoms with E-state index in [4.69, 9.17) is 0 Å². The lowest BCUT2D eigenvalue weighted by atomic mass is 9.97. The molecule has 0 unspecified atom stereocenters. The monoisotopic (exact) mass is 470 g/mol. The Morgan fingerprint density at radius 1 is 0.676 bits per heavy atom. The molecule has 0 bridgehead atoms. The first kappa shape index (κ1) is 23.3. The zero-order chi connectivity index (χ0) is 24.1. The maximum absolute atomic E-state index is 13.4. The number of hydrogen-bond donors (Lipinski definition) is 2. The zero-order valence-corrected chi connectivity index (χ0v) is 19.8. The van der Waals surface area contributed by atoms with Gasteiger partial charge in [-0.25, -0.2) is 8.42 Å². The van der Waals surface area contributed by atoms with E-state index in [-0.39, 0.29) is 22.1 Å². The van der Waals surface area contributed by atoms with Gasteiger partial charge < -0.3 is 5.32 Å². The maximum Gasteiger partial charge on any atom is 0.261 e. The molecule has 4 aromatic rings. The number of rotatable bonds is 7. The van der Waals surface area contributed by atoms with E-state index >= 15 is 0 Å². The van der Waals surface area contributed by atoms with Crippen molar-refractivity contribution in [3.8, 4) is 0 Å². The average Bonchev–Trinajstić information content (AvgIpc) is 2.84. The van der Waals surface area contributed by atoms with Crippen molar-refractivity contribution in [2.45, 2.75) is 24.8 Å². The summed E-state index contributed by atoms with van der Waals surface area (Å²) in [5.41, 5.74) is 4.40. The standard InChI is InChI=1S/C28H26N2O3S/c1-20-12-16-23(17-13-20)27(22-8-4-3-5-9-22)29-28(31)25-10-6-7-11-26(25)30-34(32,33)24-18-14-21(2)15-19-24/h3-19,27,30H,1-2H3,(H,29,31)/t27-/m0/s1. The normalized spacial score (nSPS) is 12.1. The Labute approximate surface area is 200 Å². The number of carbonyl (C=O) groups is 1. The number of benzene rings is 4. The van der Waals surface area contributed by atoms with Crippen LogP contribution in [-0.4, -0.2) is 14.3 Å². The van der Waals surface area contributed by atoms with Crippen molar-refractivity contribution in [3.05, 3.63) is 131 Å². The summed E-state index contributed by atoms with van der Waals surface area (Å²) >= 11 is 0. The molecule has 1 atom stereocenters. The van der Waals surface area contributed by atoms with Crippen molar-refractivity contribution in [1.29, 1.82) is 0 Å². The van der Waals surface area contributed by atoms with Crippen molar-refractivity contribution in [2.75, 3.05) is 4.72 Å². The molecular formula is C28H26N2O3S. The molecule has 6 heteroatoms. The Morgan fingerprint density at radius 2 is 1.21 bits per heavy atom. The molecule has 0 aromatic heterocycles. The third-order valence-corrected chi connectivity index (χ3v) is 6.95. The number of amides is 1. The van der Waals surface area contributed by atoms with Crippen LogP contribution in [0.1, 0.15) is 38.7 Å². The molecule has 2 N–H and O–H groups in total. The number of anilines is 1. The van der Waals surface area contributed by atoms with Crippen LogP contribution in [0.25, 0.3) is 0 Å². The molecule has 0 radical (unpaired) electrons. The molecule has 0 aliphatic rings. The molecule has 0 saturated heterocycles. The molecule has 0 fully saturated rings. The summed E-state index contributed by atoms with van der Waals surface area (Å²) in [7, 11) is -3.85. The lowest BCUT2D eigenvalue weighted by molar-refractivity contribution is 0.0944. The first-order chi connectivity index (χ1) is 16.3. The molecule has 0 aliphatic carbocycles. The van der Waals surface area contributed by atoms with Crippen molar-refractivity contribution >= 4 is 21.6 Å². The van der Waals surface area contributed by atoms with E-state index in [9.17, 15) is 13.2 Å². The van der Waals surface area contributed by atoms with Gasteiger partial charge in [-0.15, -0.1) is 0 Å². The van der Waals surface area contributed by atoms with Crippen molar-refractivity contribution < 1.29 is 13.2 Å². The minimum atomic E-state index is -3.85. The van der Waals surface area contributed by atoms with Crippen LogP contribution < -0.4 is 10.0 Å². The molecule has 0 aliphatic heterocycles. The van der Waals surface area contributed by atoms with Gasteiger partial charge in [-0.2, -0.15) is 0 Å². The molecule has 1 amide bonds. The van der Waals surface area contributed by atoms with Crippen LogP contribution in [-0.2, 0) is 10.0 Å². The van der Waals surface area contributed by atoms with Crippen molar-refractivity contribution in [3.63, 3.8) is 0 Å². The fourth-order valence-electron chi connectivity index (χ4n) is 3.66. The molecule has 5 nitrogen and oxygen atoms in total. The molecule has 0 heterocycles. The highest BCUT2D eigenvalue weighted by Crippen LogP contribution is 2.25. The van der Waals surface area contributed by atoms with Crippen LogP contribution in [0.4, 0.5) is 5.69 Å². The summed E-state index contributed by atoms with van der Waals surface area (Å²) < 4.78 is 28.5. The number of aryl methyl sites for hydroxylation is 2. The molecule has 4 aromatic carbocycles. The Kier molecular flexibility index (Phi) is 6.80. The zero-order valence-electron chi connectivity index (χ0n) is 19.0. The Balaban J connectivity index is 1.65. The van der Waals surface area contributed by atoms with Crippen LogP contribution >= 0.6 is 0 Å². The van der Waals surface area contributed by atoms with E-state index in [1.165, 1.54) is 0 Å². The van der Waals surface area contributed by atoms with E-state index in [2.05, 4.69) is 10.0 Å². The number of hydrogen-bond acceptors (Lipinski definition) is 3. The summed E-state index contributed by atoms with van der Waals surface area (Å²) in [5.74, 6) is -0.378. The molecule has 0 saturated carbocycles. The number of para-hydroxylation sites is 1. The SMILES string of the molecule is Cc1ccc([C@@H](NC(=O)c2ccccc2NS(=O)(=O)c2ccc(C)cc2)c2ccccc2)cc1. The molecular weight excluding hydrogens is 444 g/mol. The van der Waals surface area contributed by atoms with Gasteiger partial charge in [0.25, 0.3) is 15.9 Å². The van der Waals surface area contributed by atoms with Crippen LogP contribution in [0.3, 0.4) is 0 Å². The quantitative estimate of drug-likeness (QED) is 0.368. The van der Waals surface area contributed by atoms with Gasteiger partial charge in [0.2, 0.25) is 0 Å². The van der Waals surface area contributed by atoms with Gasteiger partial charge >= 0.3 is 0 Å². The highest BCUT2D eigenvalue weighted by molar-refractivity contribution is 7.92. The number of carbonyl (C=O) groups excluding carboxylic acids is 1. The molecule has 34 heavy (non-hydrogen) atoms. The van der Waals surface area contributed by atoms with Gasteiger partial charge in [0.1, 0.15) is 0 Å². The van der Waals surface area contributed by atoms with E-state index in [0.717, 1.165) is 22.3 Å². The largest absolute Gasteiger partial charge is 0.341 e. The van der Waals surface area contributed by atoms with Crippen LogP contribution in [0.5, 0.6) is 0 Å². The summed E-state index contributed by atoms with van der Waals surface area (Å²) in [6, 6.07) is 30.4. The highest BCUT2D eigenvalue weighted by atomic mass is 32.2. The molecule has 0 spiro atoms. The fourth-order valence-corrected chi connectivity index (χ4v) is 4.74. The Hall–Kier alpha value is -3.90. The summed E-state index contributed by atoms with van der Waals surface area (Å²) in [6.07, 6.45) is 0. The summed E-state index contributed by atoms with van der Waals surface area (Å²) in [5, 5.41) is 3.08. The Morgan fingerprint density at radius 3 is 1.85 bits per heavy atom. The van der Waals surface area contributed by atoms with Crippen LogP contribution in [0, 0.1) is 13.8 Å². The first-order valence-corrected chi connectivity index (χ1v) is 12.4. The summed E-state index contributed by atoms with van der Waals surface area (Å²) in [4.78, 5) is 13.5. The maximum atomic E-state index is 13.4. The highest BCUT2D eigenvalue weighted by Gasteiger charge is 2.22. The van der Waals surface area contributed by atoms with Gasteiger partial charge in [-0.05, 0) is 49.2 Å². The predicted octanol–water partition coefficient (Wildman–Crippen LogP) is 5.62. The molecule has 4 rings (SSSR count). The van der Waals surface area contributed by atoms with Crippen LogP contribution in [0.2, 0.25) is 0 Å². The Bertz CT molecular complexity index is 1380. The van der Waals surface area contributed by atoms with Gasteiger partial charge in [-0.3, -0.25) is 9.52 Å². The minimum Gasteiger partial charge on any atom is -0.341 e. The predicted molar refractivity (Wildman–Crippen MR) is 135 cm³/mol. The van der Waals surface area contributed by atoms with Gasteiger partial charge in [0.15, 0.2) is 0 Å². The smallest absolute Gasteiger partial charge is 0.261 e. The number of nitrogens with one attached hydrogen (secondary N) is 2. The van der Waals surface area contributed by atoms with E-state index in [0.29, 0.717) is 0 Å². The van der Waals surface area contributed by atoms with Crippen molar-refractivity contribution in [1.82, 2.24) is 5.32 Å². The topological polar surface area (TPSA) is 75.3 Å². The molecule has 172 valence electrons.